The fourth-order valence-electron chi connectivity index (χ4n) is 3.52. The second-order valence-corrected chi connectivity index (χ2v) is 6.61. The zero-order valence-electron chi connectivity index (χ0n) is 14.3. The van der Waals surface area contributed by atoms with Crippen molar-refractivity contribution in [1.82, 2.24) is 19.5 Å². The molecule has 2 aromatic heterocycles. The van der Waals surface area contributed by atoms with Crippen LogP contribution >= 0.6 is 0 Å². The summed E-state index contributed by atoms with van der Waals surface area (Å²) in [7, 11) is 0. The Hall–Kier alpha value is -2.89. The Morgan fingerprint density at radius 2 is 1.96 bits per heavy atom. The van der Waals surface area contributed by atoms with E-state index < -0.39 is 0 Å². The highest BCUT2D eigenvalue weighted by Gasteiger charge is 2.23. The van der Waals surface area contributed by atoms with Gasteiger partial charge in [0.15, 0.2) is 0 Å². The maximum atomic E-state index is 13.2. The van der Waals surface area contributed by atoms with Gasteiger partial charge in [-0.25, -0.2) is 19.3 Å². The quantitative estimate of drug-likeness (QED) is 0.727. The number of fused-ring (bicyclic) bond motifs is 1. The van der Waals surface area contributed by atoms with E-state index in [9.17, 15) is 9.18 Å². The van der Waals surface area contributed by atoms with Crippen molar-refractivity contribution in [3.8, 4) is 11.4 Å². The number of nitrogens with zero attached hydrogens (tertiary/aromatic N) is 4. The van der Waals surface area contributed by atoms with Crippen molar-refractivity contribution >= 4 is 0 Å². The summed E-state index contributed by atoms with van der Waals surface area (Å²) in [4.78, 5) is 25.6. The third kappa shape index (κ3) is 3.40. The highest BCUT2D eigenvalue weighted by atomic mass is 19.1. The first-order valence-electron chi connectivity index (χ1n) is 8.83. The van der Waals surface area contributed by atoms with E-state index in [4.69, 9.17) is 4.98 Å². The minimum absolute atomic E-state index is 0.0466. The zero-order chi connectivity index (χ0) is 17.9. The lowest BCUT2D eigenvalue weighted by molar-refractivity contribution is 0.571. The lowest BCUT2D eigenvalue weighted by Crippen LogP contribution is -2.26. The average Bonchev–Trinajstić information content (AvgIpc) is 2.87. The summed E-state index contributed by atoms with van der Waals surface area (Å²) in [5, 5.41) is 0. The summed E-state index contributed by atoms with van der Waals surface area (Å²) >= 11 is 0. The summed E-state index contributed by atoms with van der Waals surface area (Å²) in [5.41, 5.74) is 2.22. The lowest BCUT2D eigenvalue weighted by atomic mass is 9.94. The van der Waals surface area contributed by atoms with Gasteiger partial charge in [0.1, 0.15) is 18.0 Å². The summed E-state index contributed by atoms with van der Waals surface area (Å²) < 4.78 is 15.0. The summed E-state index contributed by atoms with van der Waals surface area (Å²) in [6.45, 7) is 0.686. The zero-order valence-corrected chi connectivity index (χ0v) is 14.3. The van der Waals surface area contributed by atoms with Gasteiger partial charge in [0, 0.05) is 24.7 Å². The third-order valence-electron chi connectivity index (χ3n) is 4.83. The van der Waals surface area contributed by atoms with Crippen LogP contribution < -0.4 is 5.56 Å². The molecule has 132 valence electrons. The molecule has 3 heterocycles. The van der Waals surface area contributed by atoms with Gasteiger partial charge in [0.2, 0.25) is 0 Å². The maximum Gasteiger partial charge on any atom is 0.254 e. The fraction of sp³-hybridized carbons (Fsp3) is 0.300. The lowest BCUT2D eigenvalue weighted by Gasteiger charge is -2.18. The largest absolute Gasteiger partial charge is 0.296 e. The maximum absolute atomic E-state index is 13.2. The number of hydrogen-bond acceptors (Lipinski definition) is 4. The van der Waals surface area contributed by atoms with E-state index >= 15 is 0 Å². The Morgan fingerprint density at radius 1 is 1.12 bits per heavy atom. The molecule has 0 radical (unpaired) electrons. The molecule has 26 heavy (non-hydrogen) atoms. The Kier molecular flexibility index (Phi) is 4.56. The molecule has 0 N–H and O–H groups in total. The predicted octanol–water partition coefficient (Wildman–Crippen LogP) is 3.35. The second-order valence-electron chi connectivity index (χ2n) is 6.61. The van der Waals surface area contributed by atoms with Crippen molar-refractivity contribution < 1.29 is 4.39 Å². The molecular weight excluding hydrogens is 331 g/mol. The number of rotatable bonds is 3. The van der Waals surface area contributed by atoms with Crippen LogP contribution in [0.4, 0.5) is 4.39 Å². The van der Waals surface area contributed by atoms with Crippen LogP contribution in [-0.4, -0.2) is 19.5 Å². The van der Waals surface area contributed by atoms with Crippen LogP contribution in [0.1, 0.15) is 36.6 Å². The second kappa shape index (κ2) is 7.15. The smallest absolute Gasteiger partial charge is 0.254 e. The van der Waals surface area contributed by atoms with Gasteiger partial charge >= 0.3 is 0 Å². The van der Waals surface area contributed by atoms with Crippen molar-refractivity contribution in [2.75, 3.05) is 0 Å². The van der Waals surface area contributed by atoms with Crippen molar-refractivity contribution in [3.05, 3.63) is 76.5 Å². The molecule has 0 saturated carbocycles. The molecule has 1 unspecified atom stereocenters. The Labute approximate surface area is 150 Å². The van der Waals surface area contributed by atoms with Gasteiger partial charge in [-0.05, 0) is 43.0 Å². The van der Waals surface area contributed by atoms with Crippen molar-refractivity contribution in [2.45, 2.75) is 38.1 Å². The van der Waals surface area contributed by atoms with E-state index in [0.717, 1.165) is 37.1 Å². The van der Waals surface area contributed by atoms with Gasteiger partial charge in [-0.2, -0.15) is 0 Å². The minimum atomic E-state index is -0.240. The van der Waals surface area contributed by atoms with Gasteiger partial charge in [0.25, 0.3) is 5.56 Å². The molecular formula is C20H19FN4O. The average molecular weight is 350 g/mol. The molecule has 6 heteroatoms. The van der Waals surface area contributed by atoms with Crippen LogP contribution in [0, 0.1) is 5.82 Å². The molecule has 1 atom stereocenters. The fourth-order valence-corrected chi connectivity index (χ4v) is 3.52. The molecule has 5 nitrogen and oxygen atoms in total. The molecule has 0 saturated heterocycles. The van der Waals surface area contributed by atoms with Crippen molar-refractivity contribution in [3.63, 3.8) is 0 Å². The van der Waals surface area contributed by atoms with Crippen LogP contribution in [-0.2, 0) is 13.0 Å². The van der Waals surface area contributed by atoms with E-state index in [1.165, 1.54) is 18.5 Å². The minimum Gasteiger partial charge on any atom is -0.296 e. The van der Waals surface area contributed by atoms with E-state index in [2.05, 4.69) is 9.97 Å². The van der Waals surface area contributed by atoms with Crippen LogP contribution in [0.2, 0.25) is 0 Å². The number of benzene rings is 1. The summed E-state index contributed by atoms with van der Waals surface area (Å²) in [6.07, 6.45) is 6.79. The molecule has 0 amide bonds. The first-order chi connectivity index (χ1) is 12.7. The highest BCUT2D eigenvalue weighted by Crippen LogP contribution is 2.29. The van der Waals surface area contributed by atoms with Gasteiger partial charge < -0.3 is 0 Å². The molecule has 0 bridgehead atoms. The van der Waals surface area contributed by atoms with Crippen molar-refractivity contribution in [2.24, 2.45) is 0 Å². The van der Waals surface area contributed by atoms with Gasteiger partial charge in [-0.3, -0.25) is 9.36 Å². The van der Waals surface area contributed by atoms with Crippen molar-refractivity contribution in [1.29, 1.82) is 0 Å². The van der Waals surface area contributed by atoms with E-state index in [0.29, 0.717) is 17.9 Å². The molecule has 0 spiro atoms. The summed E-state index contributed by atoms with van der Waals surface area (Å²) in [5.74, 6) is 0.681. The first kappa shape index (κ1) is 16.6. The van der Waals surface area contributed by atoms with Gasteiger partial charge in [-0.1, -0.05) is 18.6 Å². The molecule has 4 rings (SSSR count). The van der Waals surface area contributed by atoms with Crippen LogP contribution in [0.3, 0.4) is 0 Å². The molecule has 3 aromatic rings. The normalized spacial score (nSPS) is 16.7. The summed E-state index contributed by atoms with van der Waals surface area (Å²) in [6, 6.07) is 9.86. The van der Waals surface area contributed by atoms with E-state index in [-0.39, 0.29) is 17.3 Å². The topological polar surface area (TPSA) is 60.7 Å². The molecule has 1 aromatic carbocycles. The Balaban J connectivity index is 1.75. The van der Waals surface area contributed by atoms with E-state index in [1.807, 2.05) is 0 Å². The molecule has 0 fully saturated rings. The molecule has 0 aliphatic carbocycles. The monoisotopic (exact) mass is 350 g/mol. The predicted molar refractivity (Wildman–Crippen MR) is 96.2 cm³/mol. The third-order valence-corrected chi connectivity index (χ3v) is 4.83. The number of halogens is 1. The van der Waals surface area contributed by atoms with Gasteiger partial charge in [-0.15, -0.1) is 0 Å². The Morgan fingerprint density at radius 3 is 2.73 bits per heavy atom. The van der Waals surface area contributed by atoms with Crippen LogP contribution in [0.15, 0.2) is 53.7 Å². The van der Waals surface area contributed by atoms with Gasteiger partial charge in [0.05, 0.1) is 11.4 Å². The number of hydrogen-bond donors (Lipinski definition) is 0. The van der Waals surface area contributed by atoms with E-state index in [1.54, 1.807) is 35.0 Å². The molecule has 1 aliphatic rings. The van der Waals surface area contributed by atoms with Crippen LogP contribution in [0.5, 0.6) is 0 Å². The SMILES string of the molecule is O=c1cc(-c2ccncn2)nc2n1CCCCC2Cc1ccc(F)cc1. The van der Waals surface area contributed by atoms with Crippen LogP contribution in [0.25, 0.3) is 11.4 Å². The number of aromatic nitrogens is 4. The highest BCUT2D eigenvalue weighted by molar-refractivity contribution is 5.52. The Bertz CT molecular complexity index is 954. The standard InChI is InChI=1S/C20H19FN4O/c21-16-6-4-14(5-7-16)11-15-3-1-2-10-25-19(26)12-18(24-20(15)25)17-8-9-22-13-23-17/h4-9,12-13,15H,1-3,10-11H2. The molecule has 1 aliphatic heterocycles. The first-order valence-corrected chi connectivity index (χ1v) is 8.83.